The average molecular weight is 263 g/mol. The summed E-state index contributed by atoms with van der Waals surface area (Å²) in [6.45, 7) is 0. The average Bonchev–Trinajstić information content (AvgIpc) is 2.40. The van der Waals surface area contributed by atoms with Crippen molar-refractivity contribution in [1.29, 1.82) is 0 Å². The zero-order valence-corrected chi connectivity index (χ0v) is 10.9. The van der Waals surface area contributed by atoms with Crippen LogP contribution in [0.5, 0.6) is 0 Å². The second-order valence-corrected chi connectivity index (χ2v) is 6.06. The topological polar surface area (TPSA) is 63.2 Å². The minimum atomic E-state index is -3.42. The van der Waals surface area contributed by atoms with Crippen LogP contribution in [0.15, 0.2) is 47.8 Å². The summed E-state index contributed by atoms with van der Waals surface area (Å²) in [5.41, 5.74) is 1.55. The molecule has 6 heteroatoms. The van der Waals surface area contributed by atoms with E-state index in [0.29, 0.717) is 5.69 Å². The standard InChI is InChI=1S/C12H13N3O2S/c1-15(2)18(16,17)11-5-6-12(14-9-11)10-4-3-7-13-8-10/h3-9H,1-2H3. The zero-order valence-electron chi connectivity index (χ0n) is 10.1. The van der Waals surface area contributed by atoms with Gasteiger partial charge in [-0.3, -0.25) is 9.97 Å². The number of hydrogen-bond donors (Lipinski definition) is 0. The molecule has 0 saturated heterocycles. The zero-order chi connectivity index (χ0) is 13.2. The van der Waals surface area contributed by atoms with Gasteiger partial charge in [0.05, 0.1) is 5.69 Å². The molecule has 94 valence electrons. The lowest BCUT2D eigenvalue weighted by molar-refractivity contribution is 0.520. The molecule has 0 unspecified atom stereocenters. The Morgan fingerprint density at radius 2 is 1.89 bits per heavy atom. The Balaban J connectivity index is 2.38. The lowest BCUT2D eigenvalue weighted by Gasteiger charge is -2.11. The fourth-order valence-corrected chi connectivity index (χ4v) is 2.28. The number of rotatable bonds is 3. The molecule has 0 saturated carbocycles. The number of hydrogen-bond acceptors (Lipinski definition) is 4. The molecule has 5 nitrogen and oxygen atoms in total. The van der Waals surface area contributed by atoms with Gasteiger partial charge >= 0.3 is 0 Å². The lowest BCUT2D eigenvalue weighted by Crippen LogP contribution is -2.22. The Bertz CT molecular complexity index is 622. The van der Waals surface area contributed by atoms with Crippen molar-refractivity contribution in [3.63, 3.8) is 0 Å². The van der Waals surface area contributed by atoms with E-state index in [0.717, 1.165) is 9.87 Å². The minimum Gasteiger partial charge on any atom is -0.264 e. The van der Waals surface area contributed by atoms with Crippen LogP contribution in [0.25, 0.3) is 11.3 Å². The second kappa shape index (κ2) is 4.83. The molecule has 0 radical (unpaired) electrons. The first-order valence-electron chi connectivity index (χ1n) is 5.31. The van der Waals surface area contributed by atoms with Crippen LogP contribution < -0.4 is 0 Å². The number of sulfonamides is 1. The van der Waals surface area contributed by atoms with Gasteiger partial charge in [-0.25, -0.2) is 12.7 Å². The molecule has 2 rings (SSSR count). The summed E-state index contributed by atoms with van der Waals surface area (Å²) in [5, 5.41) is 0. The van der Waals surface area contributed by atoms with Crippen LogP contribution in [0, 0.1) is 0 Å². The van der Waals surface area contributed by atoms with E-state index in [-0.39, 0.29) is 4.90 Å². The normalized spacial score (nSPS) is 11.7. The molecule has 2 aromatic heterocycles. The first kappa shape index (κ1) is 12.7. The summed E-state index contributed by atoms with van der Waals surface area (Å²) in [7, 11) is -0.440. The van der Waals surface area contributed by atoms with E-state index in [1.807, 2.05) is 12.1 Å². The van der Waals surface area contributed by atoms with E-state index in [1.54, 1.807) is 24.5 Å². The van der Waals surface area contributed by atoms with Gasteiger partial charge in [0, 0.05) is 38.2 Å². The van der Waals surface area contributed by atoms with Crippen LogP contribution in [0.2, 0.25) is 0 Å². The maximum Gasteiger partial charge on any atom is 0.244 e. The van der Waals surface area contributed by atoms with Crippen molar-refractivity contribution >= 4 is 10.0 Å². The monoisotopic (exact) mass is 263 g/mol. The Hall–Kier alpha value is -1.79. The molecule has 2 heterocycles. The summed E-state index contributed by atoms with van der Waals surface area (Å²) >= 11 is 0. The molecule has 0 atom stereocenters. The van der Waals surface area contributed by atoms with E-state index < -0.39 is 10.0 Å². The lowest BCUT2D eigenvalue weighted by atomic mass is 10.2. The van der Waals surface area contributed by atoms with Gasteiger partial charge < -0.3 is 0 Å². The van der Waals surface area contributed by atoms with Crippen molar-refractivity contribution in [1.82, 2.24) is 14.3 Å². The molecule has 0 N–H and O–H groups in total. The van der Waals surface area contributed by atoms with Crippen molar-refractivity contribution in [2.45, 2.75) is 4.90 Å². The fraction of sp³-hybridized carbons (Fsp3) is 0.167. The Labute approximate surface area is 106 Å². The Morgan fingerprint density at radius 1 is 1.11 bits per heavy atom. The van der Waals surface area contributed by atoms with Gasteiger partial charge in [-0.05, 0) is 24.3 Å². The van der Waals surface area contributed by atoms with Gasteiger partial charge in [0.2, 0.25) is 10.0 Å². The Kier molecular flexibility index (Phi) is 3.40. The maximum atomic E-state index is 11.9. The van der Waals surface area contributed by atoms with E-state index >= 15 is 0 Å². The summed E-state index contributed by atoms with van der Waals surface area (Å²) in [6, 6.07) is 6.90. The van der Waals surface area contributed by atoms with E-state index in [9.17, 15) is 8.42 Å². The van der Waals surface area contributed by atoms with E-state index in [1.165, 1.54) is 20.3 Å². The fourth-order valence-electron chi connectivity index (χ4n) is 1.43. The number of pyridine rings is 2. The van der Waals surface area contributed by atoms with Crippen LogP contribution in [0.3, 0.4) is 0 Å². The largest absolute Gasteiger partial charge is 0.264 e. The van der Waals surface area contributed by atoms with E-state index in [4.69, 9.17) is 0 Å². The highest BCUT2D eigenvalue weighted by atomic mass is 32.2. The molecule has 18 heavy (non-hydrogen) atoms. The number of aromatic nitrogens is 2. The van der Waals surface area contributed by atoms with Gasteiger partial charge in [-0.15, -0.1) is 0 Å². The van der Waals surface area contributed by atoms with Crippen molar-refractivity contribution in [2.24, 2.45) is 0 Å². The molecular formula is C12H13N3O2S. The van der Waals surface area contributed by atoms with Gasteiger partial charge in [0.15, 0.2) is 0 Å². The number of nitrogens with zero attached hydrogens (tertiary/aromatic N) is 3. The molecule has 0 fully saturated rings. The molecule has 0 aliphatic rings. The molecule has 0 aliphatic heterocycles. The quantitative estimate of drug-likeness (QED) is 0.839. The minimum absolute atomic E-state index is 0.181. The second-order valence-electron chi connectivity index (χ2n) is 3.91. The van der Waals surface area contributed by atoms with Crippen molar-refractivity contribution in [3.05, 3.63) is 42.9 Å². The van der Waals surface area contributed by atoms with Crippen molar-refractivity contribution < 1.29 is 8.42 Å². The van der Waals surface area contributed by atoms with Crippen molar-refractivity contribution in [2.75, 3.05) is 14.1 Å². The van der Waals surface area contributed by atoms with Crippen molar-refractivity contribution in [3.8, 4) is 11.3 Å². The molecule has 0 aromatic carbocycles. The summed E-state index contributed by atoms with van der Waals surface area (Å²) in [5.74, 6) is 0. The molecule has 0 bridgehead atoms. The van der Waals surface area contributed by atoms with Gasteiger partial charge in [-0.2, -0.15) is 0 Å². The van der Waals surface area contributed by atoms with Crippen LogP contribution in [-0.4, -0.2) is 36.8 Å². The van der Waals surface area contributed by atoms with Gasteiger partial charge in [0.25, 0.3) is 0 Å². The molecule has 0 spiro atoms. The van der Waals surface area contributed by atoms with Crippen LogP contribution in [0.4, 0.5) is 0 Å². The first-order valence-corrected chi connectivity index (χ1v) is 6.75. The van der Waals surface area contributed by atoms with Crippen LogP contribution in [-0.2, 0) is 10.0 Å². The first-order chi connectivity index (χ1) is 8.51. The smallest absolute Gasteiger partial charge is 0.244 e. The molecule has 0 aliphatic carbocycles. The molecule has 0 amide bonds. The molecule has 2 aromatic rings. The third-order valence-electron chi connectivity index (χ3n) is 2.47. The molecular weight excluding hydrogens is 250 g/mol. The highest BCUT2D eigenvalue weighted by Crippen LogP contribution is 2.18. The Morgan fingerprint density at radius 3 is 2.39 bits per heavy atom. The highest BCUT2D eigenvalue weighted by Gasteiger charge is 2.17. The van der Waals surface area contributed by atoms with Crippen LogP contribution in [0.1, 0.15) is 0 Å². The van der Waals surface area contributed by atoms with Gasteiger partial charge in [0.1, 0.15) is 4.90 Å². The van der Waals surface area contributed by atoms with Gasteiger partial charge in [-0.1, -0.05) is 0 Å². The van der Waals surface area contributed by atoms with Crippen LogP contribution >= 0.6 is 0 Å². The summed E-state index contributed by atoms with van der Waals surface area (Å²) in [6.07, 6.45) is 4.72. The summed E-state index contributed by atoms with van der Waals surface area (Å²) < 4.78 is 24.9. The third kappa shape index (κ3) is 2.39. The SMILES string of the molecule is CN(C)S(=O)(=O)c1ccc(-c2cccnc2)nc1. The predicted molar refractivity (Wildman–Crippen MR) is 68.3 cm³/mol. The predicted octanol–water partition coefficient (Wildman–Crippen LogP) is 1.39. The third-order valence-corrected chi connectivity index (χ3v) is 4.27. The highest BCUT2D eigenvalue weighted by molar-refractivity contribution is 7.89. The summed E-state index contributed by atoms with van der Waals surface area (Å²) in [4.78, 5) is 8.33. The van der Waals surface area contributed by atoms with E-state index in [2.05, 4.69) is 9.97 Å². The maximum absolute atomic E-state index is 11.9.